The molecule has 3 nitrogen and oxygen atoms in total. The lowest BCUT2D eigenvalue weighted by atomic mass is 9.72. The first-order chi connectivity index (χ1) is 4.38. The average molecular weight is 143 g/mol. The molecule has 1 aliphatic rings. The van der Waals surface area contributed by atoms with Crippen LogP contribution in [0.3, 0.4) is 0 Å². The Morgan fingerprint density at radius 3 is 2.10 bits per heavy atom. The van der Waals surface area contributed by atoms with Crippen molar-refractivity contribution >= 4 is 5.91 Å². The maximum absolute atomic E-state index is 10.8. The molecular formula is C7H13NO2. The lowest BCUT2D eigenvalue weighted by Gasteiger charge is -2.45. The molecule has 10 heavy (non-hydrogen) atoms. The van der Waals surface area contributed by atoms with Crippen molar-refractivity contribution in [3.8, 4) is 0 Å². The van der Waals surface area contributed by atoms with E-state index in [1.807, 2.05) is 20.8 Å². The number of carbonyl (C=O) groups is 1. The SMILES string of the molecule is CC(C)(C)C1(O)CNC1=O. The quantitative estimate of drug-likeness (QED) is 0.465. The van der Waals surface area contributed by atoms with Gasteiger partial charge in [-0.05, 0) is 0 Å². The summed E-state index contributed by atoms with van der Waals surface area (Å²) in [6, 6.07) is 0. The molecule has 1 heterocycles. The Morgan fingerprint density at radius 1 is 1.60 bits per heavy atom. The van der Waals surface area contributed by atoms with Crippen LogP contribution in [0.4, 0.5) is 0 Å². The van der Waals surface area contributed by atoms with Crippen molar-refractivity contribution in [3.63, 3.8) is 0 Å². The van der Waals surface area contributed by atoms with E-state index in [-0.39, 0.29) is 11.3 Å². The molecule has 0 aromatic carbocycles. The third kappa shape index (κ3) is 0.736. The van der Waals surface area contributed by atoms with Gasteiger partial charge >= 0.3 is 0 Å². The van der Waals surface area contributed by atoms with Crippen molar-refractivity contribution in [2.75, 3.05) is 6.54 Å². The smallest absolute Gasteiger partial charge is 0.254 e. The first-order valence-corrected chi connectivity index (χ1v) is 3.38. The van der Waals surface area contributed by atoms with Gasteiger partial charge in [0.05, 0.1) is 6.54 Å². The zero-order valence-corrected chi connectivity index (χ0v) is 6.56. The third-order valence-electron chi connectivity index (χ3n) is 2.12. The first-order valence-electron chi connectivity index (χ1n) is 3.38. The fourth-order valence-corrected chi connectivity index (χ4v) is 0.934. The Labute approximate surface area is 60.4 Å². The first kappa shape index (κ1) is 7.54. The Hall–Kier alpha value is -0.570. The van der Waals surface area contributed by atoms with Gasteiger partial charge in [-0.2, -0.15) is 0 Å². The molecular weight excluding hydrogens is 130 g/mol. The van der Waals surface area contributed by atoms with E-state index in [2.05, 4.69) is 5.32 Å². The van der Waals surface area contributed by atoms with Crippen molar-refractivity contribution < 1.29 is 9.90 Å². The molecule has 0 aliphatic carbocycles. The highest BCUT2D eigenvalue weighted by Gasteiger charge is 2.53. The second kappa shape index (κ2) is 1.72. The zero-order valence-electron chi connectivity index (χ0n) is 6.56. The summed E-state index contributed by atoms with van der Waals surface area (Å²) in [7, 11) is 0. The Bertz CT molecular complexity index is 171. The highest BCUT2D eigenvalue weighted by molar-refractivity contribution is 5.91. The summed E-state index contributed by atoms with van der Waals surface area (Å²) < 4.78 is 0. The Morgan fingerprint density at radius 2 is 2.10 bits per heavy atom. The van der Waals surface area contributed by atoms with E-state index in [4.69, 9.17) is 0 Å². The molecule has 0 spiro atoms. The predicted molar refractivity (Wildman–Crippen MR) is 37.4 cm³/mol. The van der Waals surface area contributed by atoms with E-state index >= 15 is 0 Å². The molecule has 2 N–H and O–H groups in total. The van der Waals surface area contributed by atoms with Crippen molar-refractivity contribution in [1.29, 1.82) is 0 Å². The van der Waals surface area contributed by atoms with Gasteiger partial charge in [0.15, 0.2) is 5.60 Å². The maximum Gasteiger partial charge on any atom is 0.254 e. The maximum atomic E-state index is 10.8. The highest BCUT2D eigenvalue weighted by Crippen LogP contribution is 2.33. The standard InChI is InChI=1S/C7H13NO2/c1-6(2,3)7(10)4-8-5(7)9/h10H,4H2,1-3H3,(H,8,9). The van der Waals surface area contributed by atoms with E-state index in [1.54, 1.807) is 0 Å². The molecule has 1 rings (SSSR count). The van der Waals surface area contributed by atoms with E-state index in [9.17, 15) is 9.90 Å². The topological polar surface area (TPSA) is 49.3 Å². The number of carbonyl (C=O) groups excluding carboxylic acids is 1. The molecule has 0 radical (unpaired) electrons. The minimum absolute atomic E-state index is 0.250. The molecule has 1 aliphatic heterocycles. The fraction of sp³-hybridized carbons (Fsp3) is 0.857. The van der Waals surface area contributed by atoms with Gasteiger partial charge in [-0.3, -0.25) is 4.79 Å². The lowest BCUT2D eigenvalue weighted by molar-refractivity contribution is -0.167. The number of β-lactam (4-membered cyclic amide) rings is 1. The van der Waals surface area contributed by atoms with Gasteiger partial charge in [0, 0.05) is 5.41 Å². The predicted octanol–water partition coefficient (Wildman–Crippen LogP) is -0.107. The largest absolute Gasteiger partial charge is 0.378 e. The summed E-state index contributed by atoms with van der Waals surface area (Å²) in [6.45, 7) is 5.94. The van der Waals surface area contributed by atoms with Crippen LogP contribution in [0.5, 0.6) is 0 Å². The highest BCUT2D eigenvalue weighted by atomic mass is 16.3. The van der Waals surface area contributed by atoms with Crippen LogP contribution in [-0.2, 0) is 4.79 Å². The molecule has 58 valence electrons. The number of rotatable bonds is 0. The summed E-state index contributed by atoms with van der Waals surface area (Å²) in [4.78, 5) is 10.8. The van der Waals surface area contributed by atoms with Crippen LogP contribution in [0.2, 0.25) is 0 Å². The van der Waals surface area contributed by atoms with Crippen molar-refractivity contribution in [3.05, 3.63) is 0 Å². The molecule has 0 saturated carbocycles. The molecule has 0 bridgehead atoms. The minimum Gasteiger partial charge on any atom is -0.378 e. The second-order valence-corrected chi connectivity index (χ2v) is 3.79. The second-order valence-electron chi connectivity index (χ2n) is 3.79. The van der Waals surface area contributed by atoms with Crippen LogP contribution < -0.4 is 5.32 Å². The lowest BCUT2D eigenvalue weighted by Crippen LogP contribution is -2.70. The van der Waals surface area contributed by atoms with Gasteiger partial charge < -0.3 is 10.4 Å². The van der Waals surface area contributed by atoms with E-state index < -0.39 is 5.60 Å². The molecule has 1 atom stereocenters. The van der Waals surface area contributed by atoms with Gasteiger partial charge in [0.25, 0.3) is 5.91 Å². The van der Waals surface area contributed by atoms with Crippen LogP contribution in [0.1, 0.15) is 20.8 Å². The Kier molecular flexibility index (Phi) is 1.30. The van der Waals surface area contributed by atoms with Crippen LogP contribution >= 0.6 is 0 Å². The van der Waals surface area contributed by atoms with Crippen LogP contribution in [0.25, 0.3) is 0 Å². The monoisotopic (exact) mass is 143 g/mol. The third-order valence-corrected chi connectivity index (χ3v) is 2.12. The van der Waals surface area contributed by atoms with Crippen LogP contribution in [0, 0.1) is 5.41 Å². The van der Waals surface area contributed by atoms with Gasteiger partial charge in [-0.1, -0.05) is 20.8 Å². The number of hydrogen-bond acceptors (Lipinski definition) is 2. The summed E-state index contributed by atoms with van der Waals surface area (Å²) in [5.41, 5.74) is -1.48. The fourth-order valence-electron chi connectivity index (χ4n) is 0.934. The van der Waals surface area contributed by atoms with E-state index in [0.717, 1.165) is 0 Å². The molecule has 1 saturated heterocycles. The Balaban J connectivity index is 2.80. The minimum atomic E-state index is -1.13. The number of nitrogens with one attached hydrogen (secondary N) is 1. The molecule has 3 heteroatoms. The zero-order chi connectivity index (χ0) is 7.99. The molecule has 1 amide bonds. The van der Waals surface area contributed by atoms with Crippen molar-refractivity contribution in [1.82, 2.24) is 5.32 Å². The average Bonchev–Trinajstić information content (AvgIpc) is 1.80. The van der Waals surface area contributed by atoms with Gasteiger partial charge in [0.2, 0.25) is 0 Å². The number of aliphatic hydroxyl groups is 1. The molecule has 0 aromatic heterocycles. The van der Waals surface area contributed by atoms with Gasteiger partial charge in [-0.15, -0.1) is 0 Å². The van der Waals surface area contributed by atoms with Crippen LogP contribution in [-0.4, -0.2) is 23.2 Å². The van der Waals surface area contributed by atoms with Gasteiger partial charge in [-0.25, -0.2) is 0 Å². The van der Waals surface area contributed by atoms with Gasteiger partial charge in [0.1, 0.15) is 0 Å². The van der Waals surface area contributed by atoms with E-state index in [1.165, 1.54) is 0 Å². The summed E-state index contributed by atoms with van der Waals surface area (Å²) in [6.07, 6.45) is 0. The van der Waals surface area contributed by atoms with Crippen LogP contribution in [0.15, 0.2) is 0 Å². The van der Waals surface area contributed by atoms with E-state index in [0.29, 0.717) is 6.54 Å². The van der Waals surface area contributed by atoms with Crippen molar-refractivity contribution in [2.45, 2.75) is 26.4 Å². The summed E-state index contributed by atoms with van der Waals surface area (Å²) >= 11 is 0. The normalized spacial score (nSPS) is 33.0. The summed E-state index contributed by atoms with van der Waals surface area (Å²) in [5.74, 6) is -0.250. The molecule has 0 aromatic rings. The molecule has 1 fully saturated rings. The number of β-amino-alcohol motifs (C(OH)–C–C–N with tert-alkyl or cyclic N) is 1. The molecule has 1 unspecified atom stereocenters. The summed E-state index contributed by atoms with van der Waals surface area (Å²) in [5, 5.41) is 12.1. The number of amides is 1. The van der Waals surface area contributed by atoms with Crippen molar-refractivity contribution in [2.24, 2.45) is 5.41 Å². The number of hydrogen-bond donors (Lipinski definition) is 2.